The Labute approximate surface area is 211 Å². The van der Waals surface area contributed by atoms with E-state index in [1.165, 1.54) is 35.2 Å². The van der Waals surface area contributed by atoms with Crippen LogP contribution in [0.15, 0.2) is 42.7 Å². The molecule has 3 aromatic heterocycles. The van der Waals surface area contributed by atoms with Gasteiger partial charge in [-0.1, -0.05) is 12.1 Å². The molecule has 0 aliphatic carbocycles. The maximum atomic E-state index is 14.1. The molecule has 4 heterocycles. The largest absolute Gasteiger partial charge is 0.418 e. The van der Waals surface area contributed by atoms with Crippen LogP contribution in [0, 0.1) is 11.6 Å². The number of nitrogens with one attached hydrogen (secondary N) is 2. The zero-order valence-electron chi connectivity index (χ0n) is 19.6. The highest BCUT2D eigenvalue weighted by molar-refractivity contribution is 5.86. The Balaban J connectivity index is 1.43. The highest BCUT2D eigenvalue weighted by Crippen LogP contribution is 2.35. The Morgan fingerprint density at radius 1 is 0.974 bits per heavy atom. The molecule has 9 nitrogen and oxygen atoms in total. The molecule has 1 fully saturated rings. The Bertz CT molecular complexity index is 1640. The molecule has 1 saturated heterocycles. The molecule has 196 valence electrons. The Kier molecular flexibility index (Phi) is 5.82. The molecule has 6 rings (SSSR count). The van der Waals surface area contributed by atoms with Crippen molar-refractivity contribution in [2.45, 2.75) is 12.7 Å². The molecule has 0 spiro atoms. The van der Waals surface area contributed by atoms with Gasteiger partial charge in [0.25, 0.3) is 0 Å². The molecule has 2 N–H and O–H groups in total. The number of fused-ring (bicyclic) bond motifs is 2. The second-order valence-electron chi connectivity index (χ2n) is 8.57. The van der Waals surface area contributed by atoms with Gasteiger partial charge in [0.1, 0.15) is 17.7 Å². The lowest BCUT2D eigenvalue weighted by Crippen LogP contribution is -2.37. The van der Waals surface area contributed by atoms with Crippen LogP contribution >= 0.6 is 0 Å². The fourth-order valence-electron chi connectivity index (χ4n) is 4.34. The topological polar surface area (TPSA) is 96.8 Å². The molecule has 2 aromatic carbocycles. The molecule has 0 amide bonds. The molecular weight excluding hydrogens is 511 g/mol. The van der Waals surface area contributed by atoms with E-state index in [2.05, 4.69) is 30.2 Å². The van der Waals surface area contributed by atoms with Crippen LogP contribution in [0.25, 0.3) is 27.9 Å². The fourth-order valence-corrected chi connectivity index (χ4v) is 4.34. The number of alkyl halides is 3. The number of benzene rings is 2. The molecule has 5 aromatic rings. The van der Waals surface area contributed by atoms with Crippen molar-refractivity contribution < 1.29 is 26.7 Å². The van der Waals surface area contributed by atoms with E-state index in [-0.39, 0.29) is 40.7 Å². The molecule has 14 heteroatoms. The van der Waals surface area contributed by atoms with Crippen molar-refractivity contribution in [2.24, 2.45) is 0 Å². The van der Waals surface area contributed by atoms with Gasteiger partial charge >= 0.3 is 6.18 Å². The summed E-state index contributed by atoms with van der Waals surface area (Å²) in [4.78, 5) is 22.3. The summed E-state index contributed by atoms with van der Waals surface area (Å²) in [5.74, 6) is -1.25. The summed E-state index contributed by atoms with van der Waals surface area (Å²) in [6, 6.07) is 7.53. The lowest BCUT2D eigenvalue weighted by Gasteiger charge is -2.27. The average molecular weight is 530 g/mol. The van der Waals surface area contributed by atoms with E-state index in [9.17, 15) is 22.0 Å². The van der Waals surface area contributed by atoms with Crippen molar-refractivity contribution in [2.75, 3.05) is 36.5 Å². The van der Waals surface area contributed by atoms with Gasteiger partial charge in [-0.15, -0.1) is 0 Å². The fraction of sp³-hybridized carbons (Fsp3) is 0.250. The SMILES string of the molecule is Fc1ccc2[nH]c(CNc3nc(N4CCOCC4)nc4c3ncn4-c3ccccc3C(F)(F)F)nc2c1F. The van der Waals surface area contributed by atoms with Gasteiger partial charge < -0.3 is 19.9 Å². The van der Waals surface area contributed by atoms with Crippen LogP contribution < -0.4 is 10.2 Å². The van der Waals surface area contributed by atoms with Gasteiger partial charge in [0, 0.05) is 13.1 Å². The zero-order chi connectivity index (χ0) is 26.4. The van der Waals surface area contributed by atoms with Crippen molar-refractivity contribution in [3.05, 3.63) is 65.7 Å². The number of aromatic nitrogens is 6. The van der Waals surface area contributed by atoms with Gasteiger partial charge in [-0.05, 0) is 24.3 Å². The second kappa shape index (κ2) is 9.20. The highest BCUT2D eigenvalue weighted by Gasteiger charge is 2.34. The maximum absolute atomic E-state index is 14.1. The van der Waals surface area contributed by atoms with Gasteiger partial charge in [-0.3, -0.25) is 4.57 Å². The molecule has 38 heavy (non-hydrogen) atoms. The summed E-state index contributed by atoms with van der Waals surface area (Å²) < 4.78 is 75.7. The third kappa shape index (κ3) is 4.26. The monoisotopic (exact) mass is 530 g/mol. The van der Waals surface area contributed by atoms with Crippen LogP contribution in [0.5, 0.6) is 0 Å². The number of rotatable bonds is 5. The summed E-state index contributed by atoms with van der Waals surface area (Å²) in [6.07, 6.45) is -3.33. The lowest BCUT2D eigenvalue weighted by atomic mass is 10.1. The van der Waals surface area contributed by atoms with Crippen LogP contribution in [0.1, 0.15) is 11.4 Å². The number of morpholine rings is 1. The van der Waals surface area contributed by atoms with E-state index in [1.54, 1.807) is 0 Å². The Morgan fingerprint density at radius 2 is 1.76 bits per heavy atom. The van der Waals surface area contributed by atoms with Crippen LogP contribution in [0.4, 0.5) is 33.7 Å². The number of para-hydroxylation sites is 1. The lowest BCUT2D eigenvalue weighted by molar-refractivity contribution is -0.137. The quantitative estimate of drug-likeness (QED) is 0.325. The van der Waals surface area contributed by atoms with E-state index in [0.717, 1.165) is 12.1 Å². The van der Waals surface area contributed by atoms with Gasteiger partial charge in [0.05, 0.1) is 36.5 Å². The van der Waals surface area contributed by atoms with Crippen molar-refractivity contribution in [1.82, 2.24) is 29.5 Å². The number of halogens is 5. The number of hydrogen-bond acceptors (Lipinski definition) is 7. The van der Waals surface area contributed by atoms with E-state index in [1.807, 2.05) is 4.90 Å². The Hall–Kier alpha value is -4.33. The van der Waals surface area contributed by atoms with Crippen molar-refractivity contribution in [3.63, 3.8) is 0 Å². The van der Waals surface area contributed by atoms with Crippen molar-refractivity contribution >= 4 is 34.0 Å². The van der Waals surface area contributed by atoms with Gasteiger partial charge in [0.2, 0.25) is 5.95 Å². The van der Waals surface area contributed by atoms with Crippen molar-refractivity contribution in [3.8, 4) is 5.69 Å². The number of imidazole rings is 2. The number of H-pyrrole nitrogens is 1. The number of hydrogen-bond donors (Lipinski definition) is 2. The highest BCUT2D eigenvalue weighted by atomic mass is 19.4. The van der Waals surface area contributed by atoms with Crippen LogP contribution in [-0.2, 0) is 17.5 Å². The molecule has 1 aliphatic rings. The summed E-state index contributed by atoms with van der Waals surface area (Å²) in [6.45, 7) is 1.90. The van der Waals surface area contributed by atoms with Gasteiger partial charge in [-0.2, -0.15) is 23.1 Å². The molecule has 0 unspecified atom stereocenters. The first kappa shape index (κ1) is 24.0. The molecule has 0 radical (unpaired) electrons. The number of ether oxygens (including phenoxy) is 1. The summed E-state index contributed by atoms with van der Waals surface area (Å²) in [5.41, 5.74) is -0.398. The smallest absolute Gasteiger partial charge is 0.378 e. The molecule has 0 atom stereocenters. The standard InChI is InChI=1S/C24H19F5N8O/c25-14-5-6-15-19(18(14)26)33-17(32-15)11-30-21-20-22(35-23(34-21)36-7-9-38-10-8-36)37(12-31-20)16-4-2-1-3-13(16)24(27,28)29/h1-6,12H,7-11H2,(H,32,33)(H,30,34,35). The van der Waals surface area contributed by atoms with E-state index < -0.39 is 23.4 Å². The minimum atomic E-state index is -4.59. The van der Waals surface area contributed by atoms with E-state index in [4.69, 9.17) is 4.74 Å². The van der Waals surface area contributed by atoms with E-state index in [0.29, 0.717) is 37.6 Å². The van der Waals surface area contributed by atoms with Gasteiger partial charge in [-0.25, -0.2) is 18.7 Å². The number of nitrogens with zero attached hydrogens (tertiary/aromatic N) is 6. The second-order valence-corrected chi connectivity index (χ2v) is 8.57. The first-order chi connectivity index (χ1) is 18.3. The van der Waals surface area contributed by atoms with Crippen LogP contribution in [0.3, 0.4) is 0 Å². The molecule has 0 saturated carbocycles. The normalized spacial score (nSPS) is 14.5. The number of anilines is 2. The van der Waals surface area contributed by atoms with E-state index >= 15 is 0 Å². The predicted octanol–water partition coefficient (Wildman–Crippen LogP) is 4.44. The minimum absolute atomic E-state index is 0.0242. The predicted molar refractivity (Wildman–Crippen MR) is 128 cm³/mol. The Morgan fingerprint density at radius 3 is 2.55 bits per heavy atom. The third-order valence-electron chi connectivity index (χ3n) is 6.17. The third-order valence-corrected chi connectivity index (χ3v) is 6.17. The van der Waals surface area contributed by atoms with Gasteiger partial charge in [0.15, 0.2) is 28.6 Å². The maximum Gasteiger partial charge on any atom is 0.418 e. The molecular formula is C24H19F5N8O. The van der Waals surface area contributed by atoms with Crippen LogP contribution in [-0.4, -0.2) is 55.8 Å². The summed E-state index contributed by atoms with van der Waals surface area (Å²) >= 11 is 0. The molecule has 1 aliphatic heterocycles. The van der Waals surface area contributed by atoms with Crippen molar-refractivity contribution in [1.29, 1.82) is 0 Å². The summed E-state index contributed by atoms with van der Waals surface area (Å²) in [7, 11) is 0. The average Bonchev–Trinajstić information content (AvgIpc) is 3.54. The minimum Gasteiger partial charge on any atom is -0.378 e. The summed E-state index contributed by atoms with van der Waals surface area (Å²) in [5, 5.41) is 3.07. The first-order valence-corrected chi connectivity index (χ1v) is 11.6. The first-order valence-electron chi connectivity index (χ1n) is 11.6. The number of aromatic amines is 1. The molecule has 0 bridgehead atoms. The van der Waals surface area contributed by atoms with Crippen LogP contribution in [0.2, 0.25) is 0 Å². The zero-order valence-corrected chi connectivity index (χ0v) is 19.6.